The smallest absolute Gasteiger partial charge is 0.221 e. The minimum absolute atomic E-state index is 0.0646. The van der Waals surface area contributed by atoms with Crippen LogP contribution in [0.4, 0.5) is 0 Å². The van der Waals surface area contributed by atoms with E-state index in [1.807, 2.05) is 0 Å². The second-order valence-electron chi connectivity index (χ2n) is 5.63. The summed E-state index contributed by atoms with van der Waals surface area (Å²) in [7, 11) is 0. The zero-order valence-corrected chi connectivity index (χ0v) is 10.8. The molecule has 2 fully saturated rings. The van der Waals surface area contributed by atoms with Crippen LogP contribution in [0.5, 0.6) is 0 Å². The summed E-state index contributed by atoms with van der Waals surface area (Å²) < 4.78 is 0. The van der Waals surface area contributed by atoms with Gasteiger partial charge in [-0.2, -0.15) is 0 Å². The molecule has 0 radical (unpaired) electrons. The zero-order valence-electron chi connectivity index (χ0n) is 10.8. The molecule has 0 aromatic heterocycles. The molecule has 2 aliphatic heterocycles. The fourth-order valence-corrected chi connectivity index (χ4v) is 3.03. The molecular weight excluding hydrogens is 214 g/mol. The number of hydrogen-bond acceptors (Lipinski definition) is 3. The molecule has 4 nitrogen and oxygen atoms in total. The van der Waals surface area contributed by atoms with E-state index in [1.165, 1.54) is 19.3 Å². The van der Waals surface area contributed by atoms with Crippen molar-refractivity contribution >= 4 is 5.91 Å². The van der Waals surface area contributed by atoms with E-state index in [4.69, 9.17) is 5.73 Å². The van der Waals surface area contributed by atoms with E-state index < -0.39 is 0 Å². The molecule has 3 atom stereocenters. The first-order valence-corrected chi connectivity index (χ1v) is 6.93. The van der Waals surface area contributed by atoms with Crippen molar-refractivity contribution in [1.82, 2.24) is 10.2 Å². The normalized spacial score (nSPS) is 35.7. The molecule has 1 amide bonds. The van der Waals surface area contributed by atoms with Crippen molar-refractivity contribution in [3.05, 3.63) is 0 Å². The molecule has 98 valence electrons. The molecule has 0 aliphatic carbocycles. The van der Waals surface area contributed by atoms with E-state index >= 15 is 0 Å². The summed E-state index contributed by atoms with van der Waals surface area (Å²) >= 11 is 0. The van der Waals surface area contributed by atoms with Crippen LogP contribution in [0.2, 0.25) is 0 Å². The third-order valence-electron chi connectivity index (χ3n) is 4.28. The Bertz CT molecular complexity index is 263. The summed E-state index contributed by atoms with van der Waals surface area (Å²) in [6.45, 7) is 5.34. The van der Waals surface area contributed by atoms with Gasteiger partial charge in [0.05, 0.1) is 5.92 Å². The average Bonchev–Trinajstić information content (AvgIpc) is 2.33. The minimum atomic E-state index is -0.126. The Morgan fingerprint density at radius 2 is 2.18 bits per heavy atom. The number of primary amides is 1. The van der Waals surface area contributed by atoms with Gasteiger partial charge in [-0.05, 0) is 39.2 Å². The van der Waals surface area contributed by atoms with Crippen LogP contribution in [-0.4, -0.2) is 42.5 Å². The fourth-order valence-electron chi connectivity index (χ4n) is 3.03. The Morgan fingerprint density at radius 1 is 1.35 bits per heavy atom. The summed E-state index contributed by atoms with van der Waals surface area (Å²) in [5.74, 6) is -0.0618. The Kier molecular flexibility index (Phi) is 4.40. The van der Waals surface area contributed by atoms with Crippen molar-refractivity contribution in [2.24, 2.45) is 11.7 Å². The lowest BCUT2D eigenvalue weighted by Gasteiger charge is -2.39. The van der Waals surface area contributed by atoms with Crippen molar-refractivity contribution in [2.75, 3.05) is 19.6 Å². The predicted molar refractivity (Wildman–Crippen MR) is 68.6 cm³/mol. The summed E-state index contributed by atoms with van der Waals surface area (Å²) in [5, 5.41) is 3.57. The van der Waals surface area contributed by atoms with E-state index in [0.29, 0.717) is 12.1 Å². The molecule has 0 aromatic rings. The Labute approximate surface area is 104 Å². The van der Waals surface area contributed by atoms with Crippen molar-refractivity contribution in [3.63, 3.8) is 0 Å². The first-order valence-electron chi connectivity index (χ1n) is 6.93. The number of likely N-dealkylation sites (tertiary alicyclic amines) is 1. The number of nitrogens with two attached hydrogens (primary N) is 1. The highest BCUT2D eigenvalue weighted by molar-refractivity contribution is 5.76. The topological polar surface area (TPSA) is 58.4 Å². The highest BCUT2D eigenvalue weighted by Crippen LogP contribution is 2.22. The van der Waals surface area contributed by atoms with Gasteiger partial charge in [0.1, 0.15) is 0 Å². The number of piperidine rings is 2. The first-order chi connectivity index (χ1) is 8.16. The number of nitrogens with zero attached hydrogens (tertiary/aromatic N) is 1. The van der Waals surface area contributed by atoms with Crippen LogP contribution < -0.4 is 11.1 Å². The lowest BCUT2D eigenvalue weighted by molar-refractivity contribution is -0.124. The average molecular weight is 239 g/mol. The van der Waals surface area contributed by atoms with Gasteiger partial charge in [0.2, 0.25) is 5.91 Å². The molecule has 3 unspecified atom stereocenters. The highest BCUT2D eigenvalue weighted by Gasteiger charge is 2.30. The van der Waals surface area contributed by atoms with E-state index in [9.17, 15) is 4.79 Å². The first kappa shape index (κ1) is 12.8. The Morgan fingerprint density at radius 3 is 2.82 bits per heavy atom. The van der Waals surface area contributed by atoms with Gasteiger partial charge in [-0.15, -0.1) is 0 Å². The number of amides is 1. The van der Waals surface area contributed by atoms with Crippen LogP contribution in [0.25, 0.3) is 0 Å². The lowest BCUT2D eigenvalue weighted by Crippen LogP contribution is -2.51. The fraction of sp³-hybridized carbons (Fsp3) is 0.923. The molecule has 3 N–H and O–H groups in total. The third kappa shape index (κ3) is 3.42. The number of carbonyl (C=O) groups is 1. The molecule has 2 rings (SSSR count). The van der Waals surface area contributed by atoms with Crippen LogP contribution >= 0.6 is 0 Å². The van der Waals surface area contributed by atoms with Crippen LogP contribution in [0.1, 0.15) is 39.0 Å². The maximum Gasteiger partial charge on any atom is 0.221 e. The Balaban J connectivity index is 1.86. The largest absolute Gasteiger partial charge is 0.369 e. The van der Waals surface area contributed by atoms with Crippen molar-refractivity contribution in [2.45, 2.75) is 51.1 Å². The molecular formula is C13H25N3O. The number of nitrogens with one attached hydrogen (secondary N) is 1. The lowest BCUT2D eigenvalue weighted by atomic mass is 9.92. The molecule has 2 aliphatic rings. The van der Waals surface area contributed by atoms with Gasteiger partial charge in [-0.3, -0.25) is 9.69 Å². The van der Waals surface area contributed by atoms with E-state index in [1.54, 1.807) is 0 Å². The van der Waals surface area contributed by atoms with E-state index in [2.05, 4.69) is 17.1 Å². The maximum absolute atomic E-state index is 11.3. The standard InChI is InChI=1S/C13H25N3O/c1-10-5-6-11(13(14)17)8-16(10)9-12-4-2-3-7-15-12/h10-12,15H,2-9H2,1H3,(H2,14,17). The summed E-state index contributed by atoms with van der Waals surface area (Å²) in [4.78, 5) is 13.7. The van der Waals surface area contributed by atoms with Gasteiger partial charge in [-0.1, -0.05) is 6.42 Å². The predicted octanol–water partition coefficient (Wildman–Crippen LogP) is 0.714. The maximum atomic E-state index is 11.3. The van der Waals surface area contributed by atoms with Crippen LogP contribution in [-0.2, 0) is 4.79 Å². The molecule has 0 bridgehead atoms. The van der Waals surface area contributed by atoms with Gasteiger partial charge in [0, 0.05) is 25.2 Å². The summed E-state index contributed by atoms with van der Waals surface area (Å²) in [5.41, 5.74) is 5.43. The number of rotatable bonds is 3. The van der Waals surface area contributed by atoms with Crippen LogP contribution in [0, 0.1) is 5.92 Å². The van der Waals surface area contributed by atoms with Crippen LogP contribution in [0.15, 0.2) is 0 Å². The summed E-state index contributed by atoms with van der Waals surface area (Å²) in [6, 6.07) is 1.20. The van der Waals surface area contributed by atoms with Crippen LogP contribution in [0.3, 0.4) is 0 Å². The molecule has 4 heteroatoms. The van der Waals surface area contributed by atoms with E-state index in [0.717, 1.165) is 32.5 Å². The molecule has 2 saturated heterocycles. The SMILES string of the molecule is CC1CCC(C(N)=O)CN1CC1CCCCN1. The Hall–Kier alpha value is -0.610. The molecule has 0 aromatic carbocycles. The minimum Gasteiger partial charge on any atom is -0.369 e. The van der Waals surface area contributed by atoms with Gasteiger partial charge >= 0.3 is 0 Å². The molecule has 17 heavy (non-hydrogen) atoms. The third-order valence-corrected chi connectivity index (χ3v) is 4.28. The second kappa shape index (κ2) is 5.83. The summed E-state index contributed by atoms with van der Waals surface area (Å²) in [6.07, 6.45) is 5.96. The number of hydrogen-bond donors (Lipinski definition) is 2. The van der Waals surface area contributed by atoms with Gasteiger partial charge in [0.15, 0.2) is 0 Å². The molecule has 0 spiro atoms. The quantitative estimate of drug-likeness (QED) is 0.763. The van der Waals surface area contributed by atoms with Gasteiger partial charge in [-0.25, -0.2) is 0 Å². The molecule has 2 heterocycles. The van der Waals surface area contributed by atoms with Gasteiger partial charge in [0.25, 0.3) is 0 Å². The highest BCUT2D eigenvalue weighted by atomic mass is 16.1. The van der Waals surface area contributed by atoms with Crippen molar-refractivity contribution in [1.29, 1.82) is 0 Å². The monoisotopic (exact) mass is 239 g/mol. The number of carbonyl (C=O) groups excluding carboxylic acids is 1. The van der Waals surface area contributed by atoms with E-state index in [-0.39, 0.29) is 11.8 Å². The van der Waals surface area contributed by atoms with Crippen molar-refractivity contribution < 1.29 is 4.79 Å². The van der Waals surface area contributed by atoms with Gasteiger partial charge < -0.3 is 11.1 Å². The molecule has 0 saturated carbocycles. The second-order valence-corrected chi connectivity index (χ2v) is 5.63. The van der Waals surface area contributed by atoms with Crippen molar-refractivity contribution in [3.8, 4) is 0 Å². The zero-order chi connectivity index (χ0) is 12.3.